The molecule has 0 aliphatic carbocycles. The summed E-state index contributed by atoms with van der Waals surface area (Å²) < 4.78 is 0. The van der Waals surface area contributed by atoms with Gasteiger partial charge in [-0.1, -0.05) is 0 Å². The van der Waals surface area contributed by atoms with E-state index in [4.69, 9.17) is 10.8 Å². The number of carbonyl (C=O) groups excluding carboxylic acids is 1. The van der Waals surface area contributed by atoms with Crippen molar-refractivity contribution < 1.29 is 14.7 Å². The first-order valence-electron chi connectivity index (χ1n) is 3.80. The van der Waals surface area contributed by atoms with Gasteiger partial charge in [-0.2, -0.15) is 0 Å². The zero-order valence-corrected chi connectivity index (χ0v) is 6.86. The van der Waals surface area contributed by atoms with Crippen molar-refractivity contribution in [2.24, 2.45) is 5.73 Å². The maximum atomic E-state index is 11.1. The topological polar surface area (TPSA) is 83.6 Å². The van der Waals surface area contributed by atoms with Gasteiger partial charge in [-0.15, -0.1) is 0 Å². The third-order valence-corrected chi connectivity index (χ3v) is 2.01. The lowest BCUT2D eigenvalue weighted by molar-refractivity contribution is -0.147. The lowest BCUT2D eigenvalue weighted by Crippen LogP contribution is -2.40. The van der Waals surface area contributed by atoms with E-state index in [0.29, 0.717) is 6.54 Å². The van der Waals surface area contributed by atoms with Crippen LogP contribution in [0.5, 0.6) is 0 Å². The van der Waals surface area contributed by atoms with Crippen LogP contribution in [-0.4, -0.2) is 40.5 Å². The number of aliphatic carboxylic acids is 1. The summed E-state index contributed by atoms with van der Waals surface area (Å²) in [6.07, 6.45) is 0.262. The molecule has 0 saturated carbocycles. The fourth-order valence-electron chi connectivity index (χ4n) is 1.27. The van der Waals surface area contributed by atoms with Crippen molar-refractivity contribution >= 4 is 11.9 Å². The molecule has 0 bridgehead atoms. The van der Waals surface area contributed by atoms with Gasteiger partial charge in [0.15, 0.2) is 0 Å². The summed E-state index contributed by atoms with van der Waals surface area (Å²) in [4.78, 5) is 22.9. The molecule has 0 aromatic rings. The largest absolute Gasteiger partial charge is 0.480 e. The molecule has 1 aliphatic heterocycles. The summed E-state index contributed by atoms with van der Waals surface area (Å²) in [5.74, 6) is -1.16. The molecule has 0 spiro atoms. The molecule has 1 heterocycles. The molecule has 1 saturated heterocycles. The van der Waals surface area contributed by atoms with Crippen LogP contribution in [0.1, 0.15) is 13.3 Å². The second-order valence-corrected chi connectivity index (χ2v) is 3.02. The molecule has 2 unspecified atom stereocenters. The van der Waals surface area contributed by atoms with Crippen molar-refractivity contribution in [3.8, 4) is 0 Å². The number of carbonyl (C=O) groups is 2. The van der Waals surface area contributed by atoms with Crippen molar-refractivity contribution in [2.45, 2.75) is 25.4 Å². The molecule has 1 amide bonds. The van der Waals surface area contributed by atoms with Crippen LogP contribution in [0.15, 0.2) is 0 Å². The Morgan fingerprint density at radius 1 is 1.83 bits per heavy atom. The Morgan fingerprint density at radius 3 is 2.75 bits per heavy atom. The highest BCUT2D eigenvalue weighted by Crippen LogP contribution is 2.12. The highest BCUT2D eigenvalue weighted by Gasteiger charge is 2.33. The van der Waals surface area contributed by atoms with Gasteiger partial charge in [0, 0.05) is 19.0 Å². The summed E-state index contributed by atoms with van der Waals surface area (Å²) in [5, 5.41) is 8.61. The minimum absolute atomic E-state index is 0.169. The maximum absolute atomic E-state index is 11.1. The quantitative estimate of drug-likeness (QED) is 0.560. The van der Waals surface area contributed by atoms with E-state index >= 15 is 0 Å². The number of hydrogen-bond acceptors (Lipinski definition) is 3. The maximum Gasteiger partial charge on any atom is 0.326 e. The second kappa shape index (κ2) is 3.10. The van der Waals surface area contributed by atoms with Crippen LogP contribution in [0.2, 0.25) is 0 Å². The van der Waals surface area contributed by atoms with Crippen molar-refractivity contribution in [2.75, 3.05) is 6.54 Å². The minimum atomic E-state index is -0.988. The summed E-state index contributed by atoms with van der Waals surface area (Å²) >= 11 is 0. The standard InChI is InChI=1S/C7H12N2O3/c1-4(7(11)12)9-3-5(8)2-6(9)10/h4-5H,2-3,8H2,1H3,(H,11,12). The van der Waals surface area contributed by atoms with Crippen molar-refractivity contribution in [1.82, 2.24) is 4.90 Å². The van der Waals surface area contributed by atoms with E-state index in [1.807, 2.05) is 0 Å². The molecule has 1 fully saturated rings. The van der Waals surface area contributed by atoms with Gasteiger partial charge < -0.3 is 15.7 Å². The number of rotatable bonds is 2. The molecule has 5 heteroatoms. The summed E-state index contributed by atoms with van der Waals surface area (Å²) in [5.41, 5.74) is 5.50. The van der Waals surface area contributed by atoms with E-state index in [-0.39, 0.29) is 18.4 Å². The summed E-state index contributed by atoms with van der Waals surface area (Å²) in [6.45, 7) is 1.84. The fraction of sp³-hybridized carbons (Fsp3) is 0.714. The van der Waals surface area contributed by atoms with E-state index in [9.17, 15) is 9.59 Å². The number of hydrogen-bond donors (Lipinski definition) is 2. The zero-order valence-electron chi connectivity index (χ0n) is 6.86. The van der Waals surface area contributed by atoms with Crippen LogP contribution < -0.4 is 5.73 Å². The Kier molecular flexibility index (Phi) is 2.32. The highest BCUT2D eigenvalue weighted by atomic mass is 16.4. The first-order valence-corrected chi connectivity index (χ1v) is 3.80. The summed E-state index contributed by atoms with van der Waals surface area (Å²) in [7, 11) is 0. The van der Waals surface area contributed by atoms with Crippen LogP contribution in [0.3, 0.4) is 0 Å². The SMILES string of the molecule is CC(C(=O)O)N1CC(N)CC1=O. The lowest BCUT2D eigenvalue weighted by Gasteiger charge is -2.20. The Bertz CT molecular complexity index is 217. The Balaban J connectivity index is 2.64. The highest BCUT2D eigenvalue weighted by molar-refractivity contribution is 5.85. The van der Waals surface area contributed by atoms with E-state index in [2.05, 4.69) is 0 Å². The van der Waals surface area contributed by atoms with Gasteiger partial charge in [0.05, 0.1) is 0 Å². The van der Waals surface area contributed by atoms with E-state index in [0.717, 1.165) is 0 Å². The number of carboxylic acid groups (broad SMARTS) is 1. The molecule has 68 valence electrons. The molecule has 5 nitrogen and oxygen atoms in total. The number of nitrogens with two attached hydrogens (primary N) is 1. The lowest BCUT2D eigenvalue weighted by atomic mass is 10.3. The van der Waals surface area contributed by atoms with Gasteiger partial charge in [-0.25, -0.2) is 4.79 Å². The predicted molar refractivity (Wildman–Crippen MR) is 41.4 cm³/mol. The molecule has 1 rings (SSSR count). The van der Waals surface area contributed by atoms with Crippen LogP contribution in [0, 0.1) is 0 Å². The van der Waals surface area contributed by atoms with Crippen LogP contribution in [0.25, 0.3) is 0 Å². The molecule has 3 N–H and O–H groups in total. The number of likely N-dealkylation sites (tertiary alicyclic amines) is 1. The molecule has 0 aromatic carbocycles. The fourth-order valence-corrected chi connectivity index (χ4v) is 1.27. The third-order valence-electron chi connectivity index (χ3n) is 2.01. The molecule has 0 radical (unpaired) electrons. The molecular formula is C7H12N2O3. The third kappa shape index (κ3) is 1.55. The van der Waals surface area contributed by atoms with Crippen molar-refractivity contribution in [3.05, 3.63) is 0 Å². The number of amides is 1. The Morgan fingerprint density at radius 2 is 2.42 bits per heavy atom. The first-order chi connectivity index (χ1) is 5.52. The second-order valence-electron chi connectivity index (χ2n) is 3.02. The smallest absolute Gasteiger partial charge is 0.326 e. The molecule has 0 aromatic heterocycles. The summed E-state index contributed by atoms with van der Waals surface area (Å²) in [6, 6.07) is -0.967. The van der Waals surface area contributed by atoms with Gasteiger partial charge in [0.1, 0.15) is 6.04 Å². The molecule has 2 atom stereocenters. The van der Waals surface area contributed by atoms with Crippen molar-refractivity contribution in [1.29, 1.82) is 0 Å². The van der Waals surface area contributed by atoms with Crippen molar-refractivity contribution in [3.63, 3.8) is 0 Å². The van der Waals surface area contributed by atoms with Gasteiger partial charge in [0.25, 0.3) is 0 Å². The molecule has 12 heavy (non-hydrogen) atoms. The van der Waals surface area contributed by atoms with Gasteiger partial charge in [-0.05, 0) is 6.92 Å². The van der Waals surface area contributed by atoms with E-state index in [1.54, 1.807) is 0 Å². The molecular weight excluding hydrogens is 160 g/mol. The number of nitrogens with zero attached hydrogens (tertiary/aromatic N) is 1. The average Bonchev–Trinajstić information content (AvgIpc) is 2.28. The van der Waals surface area contributed by atoms with Crippen LogP contribution in [-0.2, 0) is 9.59 Å². The van der Waals surface area contributed by atoms with Gasteiger partial charge in [0.2, 0.25) is 5.91 Å². The monoisotopic (exact) mass is 172 g/mol. The van der Waals surface area contributed by atoms with Gasteiger partial charge >= 0.3 is 5.97 Å². The average molecular weight is 172 g/mol. The Hall–Kier alpha value is -1.10. The Labute approximate surface area is 70.1 Å². The number of carboxylic acids is 1. The minimum Gasteiger partial charge on any atom is -0.480 e. The van der Waals surface area contributed by atoms with Gasteiger partial charge in [-0.3, -0.25) is 4.79 Å². The normalized spacial score (nSPS) is 26.0. The predicted octanol–water partition coefficient (Wildman–Crippen LogP) is -0.981. The van der Waals surface area contributed by atoms with E-state index in [1.165, 1.54) is 11.8 Å². The van der Waals surface area contributed by atoms with E-state index < -0.39 is 12.0 Å². The zero-order chi connectivity index (χ0) is 9.30. The first kappa shape index (κ1) is 8.99. The molecule has 1 aliphatic rings. The van der Waals surface area contributed by atoms with Crippen LogP contribution >= 0.6 is 0 Å². The van der Waals surface area contributed by atoms with Crippen LogP contribution in [0.4, 0.5) is 0 Å².